The molecule has 0 aliphatic carbocycles. The highest BCUT2D eigenvalue weighted by molar-refractivity contribution is 5.95. The first-order valence-corrected chi connectivity index (χ1v) is 11.9. The van der Waals surface area contributed by atoms with Gasteiger partial charge in [0, 0.05) is 19.6 Å². The van der Waals surface area contributed by atoms with Crippen molar-refractivity contribution in [3.8, 4) is 5.75 Å². The number of hydrogen-bond donors (Lipinski definition) is 2. The zero-order valence-electron chi connectivity index (χ0n) is 19.1. The van der Waals surface area contributed by atoms with E-state index < -0.39 is 0 Å². The molecule has 4 rings (SSSR count). The second-order valence-corrected chi connectivity index (χ2v) is 8.56. The summed E-state index contributed by atoms with van der Waals surface area (Å²) in [6, 6.07) is 13.0. The molecule has 2 aliphatic heterocycles. The standard InChI is InChI=1S/C25H33N5O3/c31-24(26-13-17-29-14-5-6-15-29)19-30-16-4-1-7-18-33-22-11-3-2-9-20(22)27-23-12-8-10-21(28-23)25(30)32/h2-3,8-12H,1,4-7,13-19H2,(H,26,31)(H,27,28). The summed E-state index contributed by atoms with van der Waals surface area (Å²) in [6.07, 6.45) is 5.04. The number of ether oxygens (including phenoxy) is 1. The smallest absolute Gasteiger partial charge is 0.273 e. The normalized spacial score (nSPS) is 17.5. The van der Waals surface area contributed by atoms with Crippen molar-refractivity contribution in [2.45, 2.75) is 32.1 Å². The summed E-state index contributed by atoms with van der Waals surface area (Å²) in [5.41, 5.74) is 1.13. The van der Waals surface area contributed by atoms with Crippen LogP contribution in [0.2, 0.25) is 0 Å². The largest absolute Gasteiger partial charge is 0.491 e. The lowest BCUT2D eigenvalue weighted by molar-refractivity contribution is -0.121. The molecule has 0 radical (unpaired) electrons. The van der Waals surface area contributed by atoms with Gasteiger partial charge in [-0.1, -0.05) is 18.2 Å². The fraction of sp³-hybridized carbons (Fsp3) is 0.480. The maximum Gasteiger partial charge on any atom is 0.273 e. The Kier molecular flexibility index (Phi) is 8.14. The SMILES string of the molecule is O=C(CN1CCCCCOc2ccccc2Nc2cccc(n2)C1=O)NCCN1CCCC1. The summed E-state index contributed by atoms with van der Waals surface area (Å²) in [4.78, 5) is 34.3. The molecule has 0 spiro atoms. The number of nitrogens with one attached hydrogen (secondary N) is 2. The van der Waals surface area contributed by atoms with Gasteiger partial charge in [-0.2, -0.15) is 0 Å². The molecule has 0 unspecified atom stereocenters. The van der Waals surface area contributed by atoms with Crippen LogP contribution in [0.1, 0.15) is 42.6 Å². The van der Waals surface area contributed by atoms with Crippen molar-refractivity contribution in [1.29, 1.82) is 0 Å². The number of amides is 2. The number of anilines is 2. The lowest BCUT2D eigenvalue weighted by atomic mass is 10.2. The molecule has 0 atom stereocenters. The Morgan fingerprint density at radius 2 is 1.82 bits per heavy atom. The van der Waals surface area contributed by atoms with Crippen LogP contribution in [0.5, 0.6) is 5.75 Å². The highest BCUT2D eigenvalue weighted by atomic mass is 16.5. The van der Waals surface area contributed by atoms with E-state index in [0.717, 1.165) is 50.3 Å². The third kappa shape index (κ3) is 6.68. The molecular formula is C25H33N5O3. The minimum absolute atomic E-state index is 0.0392. The van der Waals surface area contributed by atoms with Crippen LogP contribution in [0.3, 0.4) is 0 Å². The van der Waals surface area contributed by atoms with Crippen molar-refractivity contribution >= 4 is 23.3 Å². The number of likely N-dealkylation sites (tertiary alicyclic amines) is 1. The third-order valence-electron chi connectivity index (χ3n) is 6.02. The van der Waals surface area contributed by atoms with Gasteiger partial charge in [0.25, 0.3) is 5.91 Å². The van der Waals surface area contributed by atoms with Crippen LogP contribution in [0.25, 0.3) is 0 Å². The number of rotatable bonds is 5. The van der Waals surface area contributed by atoms with Gasteiger partial charge in [0.2, 0.25) is 5.91 Å². The fourth-order valence-corrected chi connectivity index (χ4v) is 4.22. The number of aromatic nitrogens is 1. The first-order valence-electron chi connectivity index (χ1n) is 11.9. The molecule has 1 fully saturated rings. The quantitative estimate of drug-likeness (QED) is 0.727. The van der Waals surface area contributed by atoms with Gasteiger partial charge in [-0.05, 0) is 69.5 Å². The van der Waals surface area contributed by atoms with Crippen molar-refractivity contribution in [2.75, 3.05) is 51.2 Å². The van der Waals surface area contributed by atoms with Gasteiger partial charge in [0.05, 0.1) is 18.8 Å². The Hall–Kier alpha value is -3.13. The maximum absolute atomic E-state index is 13.3. The van der Waals surface area contributed by atoms with Crippen LogP contribution in [0.4, 0.5) is 11.5 Å². The molecule has 2 bridgehead atoms. The van der Waals surface area contributed by atoms with E-state index in [1.54, 1.807) is 17.0 Å². The van der Waals surface area contributed by atoms with Crippen molar-refractivity contribution in [2.24, 2.45) is 0 Å². The second kappa shape index (κ2) is 11.7. The number of carbonyl (C=O) groups excluding carboxylic acids is 2. The van der Waals surface area contributed by atoms with Crippen LogP contribution in [0.15, 0.2) is 42.5 Å². The Morgan fingerprint density at radius 3 is 2.70 bits per heavy atom. The minimum atomic E-state index is -0.227. The van der Waals surface area contributed by atoms with E-state index in [1.165, 1.54) is 12.8 Å². The van der Waals surface area contributed by atoms with E-state index in [1.807, 2.05) is 30.3 Å². The van der Waals surface area contributed by atoms with Crippen LogP contribution in [-0.4, -0.2) is 72.5 Å². The van der Waals surface area contributed by atoms with Crippen LogP contribution in [-0.2, 0) is 4.79 Å². The zero-order valence-corrected chi connectivity index (χ0v) is 19.1. The monoisotopic (exact) mass is 451 g/mol. The molecule has 2 amide bonds. The van der Waals surface area contributed by atoms with Crippen LogP contribution < -0.4 is 15.4 Å². The average molecular weight is 452 g/mol. The van der Waals surface area contributed by atoms with E-state index >= 15 is 0 Å². The molecule has 2 aliphatic rings. The van der Waals surface area contributed by atoms with Gasteiger partial charge < -0.3 is 25.2 Å². The summed E-state index contributed by atoms with van der Waals surface area (Å²) in [7, 11) is 0. The molecule has 8 nitrogen and oxygen atoms in total. The fourth-order valence-electron chi connectivity index (χ4n) is 4.22. The first-order chi connectivity index (χ1) is 16.2. The Morgan fingerprint density at radius 1 is 1.00 bits per heavy atom. The lowest BCUT2D eigenvalue weighted by Crippen LogP contribution is -2.43. The molecule has 8 heteroatoms. The number of hydrogen-bond acceptors (Lipinski definition) is 6. The van der Waals surface area contributed by atoms with Crippen LogP contribution in [0, 0.1) is 0 Å². The average Bonchev–Trinajstić information content (AvgIpc) is 3.34. The highest BCUT2D eigenvalue weighted by Crippen LogP contribution is 2.27. The number of nitrogens with zero attached hydrogens (tertiary/aromatic N) is 3. The number of benzene rings is 1. The molecule has 0 saturated carbocycles. The molecule has 1 aromatic heterocycles. The number of fused-ring (bicyclic) bond motifs is 3. The first kappa shape index (κ1) is 23.0. The van der Waals surface area contributed by atoms with Gasteiger partial charge in [0.15, 0.2) is 0 Å². The molecule has 1 saturated heterocycles. The van der Waals surface area contributed by atoms with Gasteiger partial charge in [-0.25, -0.2) is 4.98 Å². The predicted octanol–water partition coefficient (Wildman–Crippen LogP) is 3.04. The van der Waals surface area contributed by atoms with Gasteiger partial charge in [-0.15, -0.1) is 0 Å². The molecule has 176 valence electrons. The van der Waals surface area contributed by atoms with Gasteiger partial charge in [0.1, 0.15) is 17.3 Å². The lowest BCUT2D eigenvalue weighted by Gasteiger charge is -2.23. The molecule has 2 aromatic rings. The molecular weight excluding hydrogens is 418 g/mol. The van der Waals surface area contributed by atoms with E-state index in [9.17, 15) is 9.59 Å². The Bertz CT molecular complexity index is 945. The molecule has 1 aromatic carbocycles. The van der Waals surface area contributed by atoms with Crippen molar-refractivity contribution in [3.63, 3.8) is 0 Å². The Labute approximate surface area is 195 Å². The predicted molar refractivity (Wildman–Crippen MR) is 128 cm³/mol. The maximum atomic E-state index is 13.3. The summed E-state index contributed by atoms with van der Waals surface area (Å²) >= 11 is 0. The van der Waals surface area contributed by atoms with Crippen molar-refractivity contribution in [3.05, 3.63) is 48.2 Å². The molecule has 3 heterocycles. The highest BCUT2D eigenvalue weighted by Gasteiger charge is 2.21. The number of para-hydroxylation sites is 2. The van der Waals surface area contributed by atoms with Crippen molar-refractivity contribution in [1.82, 2.24) is 20.1 Å². The topological polar surface area (TPSA) is 86.8 Å². The Balaban J connectivity index is 1.44. The summed E-state index contributed by atoms with van der Waals surface area (Å²) in [6.45, 7) is 4.81. The van der Waals surface area contributed by atoms with Gasteiger partial charge in [-0.3, -0.25) is 9.59 Å². The summed E-state index contributed by atoms with van der Waals surface area (Å²) < 4.78 is 5.96. The van der Waals surface area contributed by atoms with E-state index in [4.69, 9.17) is 4.74 Å². The zero-order chi connectivity index (χ0) is 22.9. The van der Waals surface area contributed by atoms with E-state index in [2.05, 4.69) is 20.5 Å². The van der Waals surface area contributed by atoms with Gasteiger partial charge >= 0.3 is 0 Å². The molecule has 2 N–H and O–H groups in total. The summed E-state index contributed by atoms with van der Waals surface area (Å²) in [5, 5.41) is 6.23. The van der Waals surface area contributed by atoms with E-state index in [0.29, 0.717) is 31.2 Å². The third-order valence-corrected chi connectivity index (χ3v) is 6.02. The minimum Gasteiger partial charge on any atom is -0.491 e. The summed E-state index contributed by atoms with van der Waals surface area (Å²) in [5.74, 6) is 0.967. The van der Waals surface area contributed by atoms with Crippen LogP contribution >= 0.6 is 0 Å². The number of pyridine rings is 1. The van der Waals surface area contributed by atoms with E-state index in [-0.39, 0.29) is 18.4 Å². The van der Waals surface area contributed by atoms with Crippen molar-refractivity contribution < 1.29 is 14.3 Å². The second-order valence-electron chi connectivity index (χ2n) is 8.56. The molecule has 33 heavy (non-hydrogen) atoms. The number of carbonyl (C=O) groups is 2.